The number of phenols is 1. The normalized spacial score (nSPS) is 12.4. The van der Waals surface area contributed by atoms with Crippen LogP contribution in [0.1, 0.15) is 27.0 Å². The lowest BCUT2D eigenvalue weighted by molar-refractivity contribution is -0.384. The Labute approximate surface area is 204 Å². The van der Waals surface area contributed by atoms with Crippen molar-refractivity contribution in [2.45, 2.75) is 6.92 Å². The summed E-state index contributed by atoms with van der Waals surface area (Å²) in [5, 5.41) is 27.6. The molecular formula is C25H20N4O7. The van der Waals surface area contributed by atoms with Gasteiger partial charge >= 0.3 is 0 Å². The number of fused-ring (bicyclic) bond motifs is 1. The summed E-state index contributed by atoms with van der Waals surface area (Å²) in [6.45, 7) is 1.59. The molecule has 182 valence electrons. The lowest BCUT2D eigenvalue weighted by Gasteiger charge is -2.09. The molecule has 1 aliphatic heterocycles. The lowest BCUT2D eigenvalue weighted by Crippen LogP contribution is -2.32. The van der Waals surface area contributed by atoms with E-state index in [1.54, 1.807) is 48.5 Å². The van der Waals surface area contributed by atoms with Crippen LogP contribution in [-0.4, -0.2) is 34.9 Å². The number of phenolic OH excluding ortho intramolecular Hbond substituents is 1. The van der Waals surface area contributed by atoms with Crippen LogP contribution in [0.3, 0.4) is 0 Å². The molecule has 0 bridgehead atoms. The first-order valence-corrected chi connectivity index (χ1v) is 10.6. The third-order valence-electron chi connectivity index (χ3n) is 5.13. The van der Waals surface area contributed by atoms with E-state index in [4.69, 9.17) is 9.47 Å². The van der Waals surface area contributed by atoms with Crippen molar-refractivity contribution in [1.29, 1.82) is 0 Å². The van der Waals surface area contributed by atoms with E-state index in [0.717, 1.165) is 12.3 Å². The highest BCUT2D eigenvalue weighted by Gasteiger charge is 2.17. The summed E-state index contributed by atoms with van der Waals surface area (Å²) in [6.07, 6.45) is 2.51. The first-order valence-electron chi connectivity index (χ1n) is 10.6. The Morgan fingerprint density at radius 3 is 2.58 bits per heavy atom. The van der Waals surface area contributed by atoms with Gasteiger partial charge < -0.3 is 19.9 Å². The van der Waals surface area contributed by atoms with Crippen molar-refractivity contribution in [3.05, 3.63) is 98.7 Å². The lowest BCUT2D eigenvalue weighted by atomic mass is 10.1. The molecule has 1 aliphatic rings. The Hall–Kier alpha value is -5.19. The largest absolute Gasteiger partial charge is 0.507 e. The molecule has 1 heterocycles. The van der Waals surface area contributed by atoms with Gasteiger partial charge in [-0.05, 0) is 48.4 Å². The molecular weight excluding hydrogens is 468 g/mol. The van der Waals surface area contributed by atoms with Crippen molar-refractivity contribution < 1.29 is 29.1 Å². The number of aryl methyl sites for hydroxylation is 1. The highest BCUT2D eigenvalue weighted by Crippen LogP contribution is 2.33. The maximum Gasteiger partial charge on any atom is 0.287 e. The van der Waals surface area contributed by atoms with Gasteiger partial charge in [-0.25, -0.2) is 5.43 Å². The Morgan fingerprint density at radius 1 is 1.08 bits per heavy atom. The maximum atomic E-state index is 12.9. The molecule has 0 radical (unpaired) electrons. The number of non-ortho nitro benzene ring substituents is 1. The van der Waals surface area contributed by atoms with Crippen LogP contribution in [0.4, 0.5) is 5.69 Å². The minimum Gasteiger partial charge on any atom is -0.507 e. The average Bonchev–Trinajstić information content (AvgIpc) is 3.34. The number of benzene rings is 3. The van der Waals surface area contributed by atoms with Gasteiger partial charge in [0.05, 0.1) is 11.1 Å². The quantitative estimate of drug-likeness (QED) is 0.200. The summed E-state index contributed by atoms with van der Waals surface area (Å²) in [4.78, 5) is 36.1. The van der Waals surface area contributed by atoms with Crippen LogP contribution in [0.25, 0.3) is 6.08 Å². The molecule has 4 rings (SSSR count). The van der Waals surface area contributed by atoms with E-state index in [9.17, 15) is 24.8 Å². The number of carbonyl (C=O) groups excluding carboxylic acids is 2. The van der Waals surface area contributed by atoms with Gasteiger partial charge in [0.2, 0.25) is 6.79 Å². The highest BCUT2D eigenvalue weighted by atomic mass is 16.7. The van der Waals surface area contributed by atoms with E-state index >= 15 is 0 Å². The zero-order valence-electron chi connectivity index (χ0n) is 18.9. The van der Waals surface area contributed by atoms with Gasteiger partial charge in [-0.1, -0.05) is 24.3 Å². The molecule has 3 aromatic rings. The third kappa shape index (κ3) is 5.47. The molecule has 0 aromatic heterocycles. The molecule has 0 unspecified atom stereocenters. The summed E-state index contributed by atoms with van der Waals surface area (Å²) in [7, 11) is 0. The topological polar surface area (TPSA) is 152 Å². The number of nitrogens with one attached hydrogen (secondary N) is 2. The third-order valence-corrected chi connectivity index (χ3v) is 5.13. The van der Waals surface area contributed by atoms with Gasteiger partial charge in [0, 0.05) is 23.3 Å². The molecule has 0 saturated carbocycles. The molecule has 2 amide bonds. The van der Waals surface area contributed by atoms with E-state index in [1.165, 1.54) is 19.1 Å². The number of carbonyl (C=O) groups is 2. The number of rotatable bonds is 7. The van der Waals surface area contributed by atoms with E-state index in [1.807, 2.05) is 0 Å². The average molecular weight is 488 g/mol. The van der Waals surface area contributed by atoms with Gasteiger partial charge in [-0.15, -0.1) is 0 Å². The summed E-state index contributed by atoms with van der Waals surface area (Å²) in [6, 6.07) is 15.7. The molecule has 11 nitrogen and oxygen atoms in total. The van der Waals surface area contributed by atoms with Crippen LogP contribution in [0, 0.1) is 17.0 Å². The van der Waals surface area contributed by atoms with Gasteiger partial charge in [-0.2, -0.15) is 5.10 Å². The van der Waals surface area contributed by atoms with Crippen LogP contribution >= 0.6 is 0 Å². The molecule has 0 atom stereocenters. The van der Waals surface area contributed by atoms with Crippen molar-refractivity contribution in [1.82, 2.24) is 10.7 Å². The number of nitro benzene ring substituents is 1. The molecule has 3 N–H and O–H groups in total. The number of aromatic hydroxyl groups is 1. The monoisotopic (exact) mass is 488 g/mol. The molecule has 36 heavy (non-hydrogen) atoms. The smallest absolute Gasteiger partial charge is 0.287 e. The number of nitrogens with zero attached hydrogens (tertiary/aromatic N) is 2. The SMILES string of the molecule is Cc1cc([N+](=O)[O-])cc(C=NNC(=O)C(=Cc2ccc3c(c2)OCO3)NC(=O)c2ccccc2)c1O. The number of hydrogen-bond donors (Lipinski definition) is 3. The molecule has 0 fully saturated rings. The fourth-order valence-electron chi connectivity index (χ4n) is 3.32. The van der Waals surface area contributed by atoms with E-state index in [-0.39, 0.29) is 35.1 Å². The predicted molar refractivity (Wildman–Crippen MR) is 130 cm³/mol. The minimum atomic E-state index is -0.769. The van der Waals surface area contributed by atoms with E-state index in [0.29, 0.717) is 22.6 Å². The van der Waals surface area contributed by atoms with Gasteiger partial charge in [-0.3, -0.25) is 19.7 Å². The van der Waals surface area contributed by atoms with Crippen LogP contribution in [0.15, 0.2) is 71.5 Å². The summed E-state index contributed by atoms with van der Waals surface area (Å²) < 4.78 is 10.6. The maximum absolute atomic E-state index is 12.9. The van der Waals surface area contributed by atoms with Crippen molar-refractivity contribution >= 4 is 29.8 Å². The van der Waals surface area contributed by atoms with Crippen LogP contribution < -0.4 is 20.2 Å². The Morgan fingerprint density at radius 2 is 1.83 bits per heavy atom. The number of nitro groups is 1. The van der Waals surface area contributed by atoms with Gasteiger partial charge in [0.1, 0.15) is 11.4 Å². The first-order chi connectivity index (χ1) is 17.3. The summed E-state index contributed by atoms with van der Waals surface area (Å²) >= 11 is 0. The number of amides is 2. The molecule has 0 spiro atoms. The second kappa shape index (κ2) is 10.4. The zero-order valence-corrected chi connectivity index (χ0v) is 18.9. The van der Waals surface area contributed by atoms with E-state index in [2.05, 4.69) is 15.8 Å². The van der Waals surface area contributed by atoms with Crippen molar-refractivity contribution in [3.8, 4) is 17.2 Å². The Balaban J connectivity index is 1.59. The molecule has 0 saturated heterocycles. The van der Waals surface area contributed by atoms with Crippen LogP contribution in [0.5, 0.6) is 17.2 Å². The second-order valence-corrected chi connectivity index (χ2v) is 7.65. The minimum absolute atomic E-state index is 0.0385. The van der Waals surface area contributed by atoms with Gasteiger partial charge in [0.15, 0.2) is 11.5 Å². The number of hydrazone groups is 1. The van der Waals surface area contributed by atoms with Crippen LogP contribution in [-0.2, 0) is 4.79 Å². The fraction of sp³-hybridized carbons (Fsp3) is 0.0800. The molecule has 0 aliphatic carbocycles. The van der Waals surface area contributed by atoms with Gasteiger partial charge in [0.25, 0.3) is 17.5 Å². The predicted octanol–water partition coefficient (Wildman–Crippen LogP) is 3.26. The standard InChI is InChI=1S/C25H20N4O7/c1-15-9-19(29(33)34)12-18(23(15)30)13-26-28-25(32)20(27-24(31)17-5-3-2-4-6-17)10-16-7-8-21-22(11-16)36-14-35-21/h2-13,30H,14H2,1H3,(H,27,31)(H,28,32). The van der Waals surface area contributed by atoms with Crippen molar-refractivity contribution in [2.75, 3.05) is 6.79 Å². The molecule has 11 heteroatoms. The van der Waals surface area contributed by atoms with Crippen molar-refractivity contribution in [3.63, 3.8) is 0 Å². The van der Waals surface area contributed by atoms with Crippen LogP contribution in [0.2, 0.25) is 0 Å². The zero-order chi connectivity index (χ0) is 25.7. The number of hydrogen-bond acceptors (Lipinski definition) is 8. The van der Waals surface area contributed by atoms with E-state index < -0.39 is 16.7 Å². The Kier molecular flexibility index (Phi) is 6.91. The highest BCUT2D eigenvalue weighted by molar-refractivity contribution is 6.05. The summed E-state index contributed by atoms with van der Waals surface area (Å²) in [5.74, 6) is -0.453. The fourth-order valence-corrected chi connectivity index (χ4v) is 3.32. The first kappa shape index (κ1) is 24.0. The Bertz CT molecular complexity index is 1400. The second-order valence-electron chi connectivity index (χ2n) is 7.65. The summed E-state index contributed by atoms with van der Waals surface area (Å²) in [5.41, 5.74) is 3.10. The number of ether oxygens (including phenoxy) is 2. The molecule has 3 aromatic carbocycles. The van der Waals surface area contributed by atoms with Crippen molar-refractivity contribution in [2.24, 2.45) is 5.10 Å².